The average molecular weight is 296 g/mol. The molecule has 0 unspecified atom stereocenters. The molecular weight excluding hydrogens is 280 g/mol. The van der Waals surface area contributed by atoms with Gasteiger partial charge in [-0.3, -0.25) is 0 Å². The van der Waals surface area contributed by atoms with Gasteiger partial charge in [0.1, 0.15) is 11.4 Å². The number of aromatic nitrogens is 4. The molecule has 2 heterocycles. The van der Waals surface area contributed by atoms with Crippen LogP contribution in [0.25, 0.3) is 11.5 Å². The summed E-state index contributed by atoms with van der Waals surface area (Å²) >= 11 is 0. The van der Waals surface area contributed by atoms with Gasteiger partial charge >= 0.3 is 0 Å². The fraction of sp³-hybridized carbons (Fsp3) is 0.250. The van der Waals surface area contributed by atoms with E-state index in [2.05, 4.69) is 27.3 Å². The first-order valence-corrected chi connectivity index (χ1v) is 6.99. The molecule has 6 heteroatoms. The van der Waals surface area contributed by atoms with Crippen molar-refractivity contribution in [2.75, 3.05) is 0 Å². The molecule has 0 saturated heterocycles. The first-order chi connectivity index (χ1) is 10.6. The van der Waals surface area contributed by atoms with Crippen molar-refractivity contribution in [3.8, 4) is 17.3 Å². The molecule has 6 nitrogen and oxygen atoms in total. The zero-order valence-electron chi connectivity index (χ0n) is 12.6. The lowest BCUT2D eigenvalue weighted by atomic mass is 10.1. The molecule has 0 bridgehead atoms. The fourth-order valence-corrected chi connectivity index (χ4v) is 1.97. The molecule has 0 spiro atoms. The van der Waals surface area contributed by atoms with Gasteiger partial charge in [-0.1, -0.05) is 11.2 Å². The summed E-state index contributed by atoms with van der Waals surface area (Å²) in [6.07, 6.45) is 1.25. The second kappa shape index (κ2) is 5.93. The Kier molecular flexibility index (Phi) is 3.82. The summed E-state index contributed by atoms with van der Waals surface area (Å²) in [4.78, 5) is 4.31. The monoisotopic (exact) mass is 296 g/mol. The van der Waals surface area contributed by atoms with E-state index < -0.39 is 0 Å². The van der Waals surface area contributed by atoms with Gasteiger partial charge in [-0.25, -0.2) is 0 Å². The van der Waals surface area contributed by atoms with Gasteiger partial charge in [-0.2, -0.15) is 10.1 Å². The minimum Gasteiger partial charge on any atom is -0.481 e. The van der Waals surface area contributed by atoms with Gasteiger partial charge in [0.25, 0.3) is 5.89 Å². The topological polar surface area (TPSA) is 73.9 Å². The molecule has 22 heavy (non-hydrogen) atoms. The SMILES string of the molecule is Cc1ccc(O[C@H](C)c2nc(-c3cccnn3)no2)cc1C. The predicted octanol–water partition coefficient (Wildman–Crippen LogP) is 3.28. The van der Waals surface area contributed by atoms with Crippen molar-refractivity contribution in [1.29, 1.82) is 0 Å². The first-order valence-electron chi connectivity index (χ1n) is 6.99. The van der Waals surface area contributed by atoms with Crippen LogP contribution < -0.4 is 4.74 Å². The van der Waals surface area contributed by atoms with Crippen LogP contribution >= 0.6 is 0 Å². The minimum absolute atomic E-state index is 0.347. The lowest BCUT2D eigenvalue weighted by Crippen LogP contribution is -2.04. The van der Waals surface area contributed by atoms with Gasteiger partial charge in [-0.05, 0) is 56.2 Å². The molecule has 0 saturated carbocycles. The zero-order chi connectivity index (χ0) is 15.5. The largest absolute Gasteiger partial charge is 0.481 e. The van der Waals surface area contributed by atoms with Gasteiger partial charge in [0.05, 0.1) is 0 Å². The third-order valence-electron chi connectivity index (χ3n) is 3.38. The maximum atomic E-state index is 5.85. The van der Waals surface area contributed by atoms with Crippen molar-refractivity contribution in [2.45, 2.75) is 26.9 Å². The third kappa shape index (κ3) is 2.95. The van der Waals surface area contributed by atoms with Crippen LogP contribution in [0.4, 0.5) is 0 Å². The Morgan fingerprint density at radius 1 is 1.14 bits per heavy atom. The average Bonchev–Trinajstić information content (AvgIpc) is 3.02. The van der Waals surface area contributed by atoms with E-state index in [1.165, 1.54) is 11.1 Å². The maximum absolute atomic E-state index is 5.85. The molecule has 1 aromatic carbocycles. The minimum atomic E-state index is -0.347. The fourth-order valence-electron chi connectivity index (χ4n) is 1.97. The molecular formula is C16H16N4O2. The number of hydrogen-bond donors (Lipinski definition) is 0. The molecule has 0 amide bonds. The highest BCUT2D eigenvalue weighted by Gasteiger charge is 2.17. The highest BCUT2D eigenvalue weighted by Crippen LogP contribution is 2.24. The molecule has 0 aliphatic rings. The number of aryl methyl sites for hydroxylation is 2. The standard InChI is InChI=1S/C16H16N4O2/c1-10-6-7-13(9-11(10)2)21-12(3)16-18-15(20-22-16)14-5-4-8-17-19-14/h4-9,12H,1-3H3/t12-/m1/s1. The maximum Gasteiger partial charge on any atom is 0.267 e. The Morgan fingerprint density at radius 2 is 2.00 bits per heavy atom. The second-order valence-electron chi connectivity index (χ2n) is 5.07. The predicted molar refractivity (Wildman–Crippen MR) is 80.3 cm³/mol. The van der Waals surface area contributed by atoms with E-state index >= 15 is 0 Å². The summed E-state index contributed by atoms with van der Waals surface area (Å²) in [6.45, 7) is 5.97. The smallest absolute Gasteiger partial charge is 0.267 e. The summed E-state index contributed by atoms with van der Waals surface area (Å²) in [6, 6.07) is 9.49. The van der Waals surface area contributed by atoms with E-state index in [0.717, 1.165) is 5.75 Å². The summed E-state index contributed by atoms with van der Waals surface area (Å²) in [5.74, 6) is 1.58. The molecule has 0 radical (unpaired) electrons. The normalized spacial score (nSPS) is 12.1. The summed E-state index contributed by atoms with van der Waals surface area (Å²) < 4.78 is 11.1. The summed E-state index contributed by atoms with van der Waals surface area (Å²) in [5, 5.41) is 11.7. The van der Waals surface area contributed by atoms with Gasteiger partial charge in [0.2, 0.25) is 5.82 Å². The molecule has 3 aromatic rings. The van der Waals surface area contributed by atoms with E-state index in [0.29, 0.717) is 17.4 Å². The van der Waals surface area contributed by atoms with Crippen molar-refractivity contribution in [2.24, 2.45) is 0 Å². The number of benzene rings is 1. The lowest BCUT2D eigenvalue weighted by Gasteiger charge is -2.12. The summed E-state index contributed by atoms with van der Waals surface area (Å²) in [7, 11) is 0. The van der Waals surface area contributed by atoms with Gasteiger partial charge in [0, 0.05) is 6.20 Å². The van der Waals surface area contributed by atoms with Gasteiger partial charge in [-0.15, -0.1) is 5.10 Å². The molecule has 112 valence electrons. The third-order valence-corrected chi connectivity index (χ3v) is 3.38. The van der Waals surface area contributed by atoms with Crippen LogP contribution in [-0.4, -0.2) is 20.3 Å². The highest BCUT2D eigenvalue weighted by atomic mass is 16.5. The number of nitrogens with zero attached hydrogens (tertiary/aromatic N) is 4. The highest BCUT2D eigenvalue weighted by molar-refractivity contribution is 5.46. The zero-order valence-corrected chi connectivity index (χ0v) is 12.6. The van der Waals surface area contributed by atoms with E-state index in [9.17, 15) is 0 Å². The molecule has 0 aliphatic carbocycles. The molecule has 3 rings (SSSR count). The quantitative estimate of drug-likeness (QED) is 0.735. The Labute approximate surface area is 128 Å². The van der Waals surface area contributed by atoms with E-state index in [4.69, 9.17) is 9.26 Å². The first kappa shape index (κ1) is 14.2. The van der Waals surface area contributed by atoms with Crippen molar-refractivity contribution in [3.63, 3.8) is 0 Å². The Bertz CT molecular complexity index is 771. The van der Waals surface area contributed by atoms with Gasteiger partial charge in [0.15, 0.2) is 6.10 Å². The molecule has 1 atom stereocenters. The molecule has 2 aromatic heterocycles. The Hall–Kier alpha value is -2.76. The number of ether oxygens (including phenoxy) is 1. The van der Waals surface area contributed by atoms with E-state index in [1.54, 1.807) is 18.3 Å². The lowest BCUT2D eigenvalue weighted by molar-refractivity contribution is 0.175. The van der Waals surface area contributed by atoms with Crippen LogP contribution in [-0.2, 0) is 0 Å². The van der Waals surface area contributed by atoms with E-state index in [1.807, 2.05) is 32.0 Å². The molecule has 0 N–H and O–H groups in total. The Morgan fingerprint density at radius 3 is 2.73 bits per heavy atom. The van der Waals surface area contributed by atoms with E-state index in [-0.39, 0.29) is 6.10 Å². The van der Waals surface area contributed by atoms with Crippen LogP contribution in [0.5, 0.6) is 5.75 Å². The van der Waals surface area contributed by atoms with Crippen molar-refractivity contribution in [3.05, 3.63) is 53.5 Å². The number of hydrogen-bond acceptors (Lipinski definition) is 6. The van der Waals surface area contributed by atoms with Crippen LogP contribution in [0.15, 0.2) is 41.1 Å². The molecule has 0 aliphatic heterocycles. The van der Waals surface area contributed by atoms with Crippen LogP contribution in [0.1, 0.15) is 30.0 Å². The Balaban J connectivity index is 1.77. The summed E-state index contributed by atoms with van der Waals surface area (Å²) in [5.41, 5.74) is 2.97. The second-order valence-corrected chi connectivity index (χ2v) is 5.07. The van der Waals surface area contributed by atoms with Crippen LogP contribution in [0.2, 0.25) is 0 Å². The van der Waals surface area contributed by atoms with Crippen molar-refractivity contribution >= 4 is 0 Å². The van der Waals surface area contributed by atoms with Crippen LogP contribution in [0, 0.1) is 13.8 Å². The van der Waals surface area contributed by atoms with Crippen molar-refractivity contribution in [1.82, 2.24) is 20.3 Å². The van der Waals surface area contributed by atoms with Gasteiger partial charge < -0.3 is 9.26 Å². The van der Waals surface area contributed by atoms with Crippen LogP contribution in [0.3, 0.4) is 0 Å². The number of rotatable bonds is 4. The molecule has 0 fully saturated rings. The van der Waals surface area contributed by atoms with Crippen molar-refractivity contribution < 1.29 is 9.26 Å².